The lowest BCUT2D eigenvalue weighted by Crippen LogP contribution is -2.03. The van der Waals surface area contributed by atoms with E-state index in [4.69, 9.17) is 5.26 Å². The van der Waals surface area contributed by atoms with Crippen molar-refractivity contribution in [1.82, 2.24) is 4.98 Å². The Morgan fingerprint density at radius 3 is 2.94 bits per heavy atom. The van der Waals surface area contributed by atoms with E-state index in [9.17, 15) is 4.39 Å². The minimum atomic E-state index is -0.416. The Bertz CT molecular complexity index is 607. The maximum absolute atomic E-state index is 13.5. The first-order chi connectivity index (χ1) is 8.69. The molecule has 3 nitrogen and oxygen atoms in total. The van der Waals surface area contributed by atoms with Gasteiger partial charge in [0.15, 0.2) is 11.6 Å². The number of hydrogen-bond acceptors (Lipinski definition) is 3. The topological polar surface area (TPSA) is 48.7 Å². The van der Waals surface area contributed by atoms with E-state index in [-0.39, 0.29) is 5.82 Å². The minimum Gasteiger partial charge on any atom is -0.364 e. The van der Waals surface area contributed by atoms with Gasteiger partial charge in [0.2, 0.25) is 0 Å². The quantitative estimate of drug-likeness (QED) is 0.944. The van der Waals surface area contributed by atoms with Gasteiger partial charge in [-0.1, -0.05) is 12.1 Å². The number of nitrogens with one attached hydrogen (secondary N) is 1. The average molecular weight is 306 g/mol. The van der Waals surface area contributed by atoms with E-state index in [1.54, 1.807) is 18.2 Å². The number of hydrogen-bond donors (Lipinski definition) is 1. The van der Waals surface area contributed by atoms with Crippen LogP contribution in [0.4, 0.5) is 10.2 Å². The highest BCUT2D eigenvalue weighted by Gasteiger charge is 2.04. The fourth-order valence-electron chi connectivity index (χ4n) is 1.48. The molecule has 0 spiro atoms. The number of pyridine rings is 1. The van der Waals surface area contributed by atoms with Gasteiger partial charge in [-0.15, -0.1) is 0 Å². The monoisotopic (exact) mass is 305 g/mol. The number of rotatable bonds is 3. The molecule has 0 unspecified atom stereocenters. The van der Waals surface area contributed by atoms with Crippen LogP contribution in [0, 0.1) is 17.1 Å². The van der Waals surface area contributed by atoms with Crippen molar-refractivity contribution in [3.8, 4) is 6.07 Å². The van der Waals surface area contributed by atoms with Crippen LogP contribution in [0.1, 0.15) is 11.1 Å². The molecular formula is C13H9BrFN3. The summed E-state index contributed by atoms with van der Waals surface area (Å²) < 4.78 is 14.1. The SMILES string of the molecule is N#Cc1cccc(CNc2ncc(Br)cc2F)c1. The predicted octanol–water partition coefficient (Wildman–Crippen LogP) is 3.47. The van der Waals surface area contributed by atoms with E-state index >= 15 is 0 Å². The second-order valence-corrected chi connectivity index (χ2v) is 4.57. The Morgan fingerprint density at radius 2 is 2.22 bits per heavy atom. The van der Waals surface area contributed by atoms with Crippen molar-refractivity contribution < 1.29 is 4.39 Å². The first kappa shape index (κ1) is 12.5. The van der Waals surface area contributed by atoms with Crippen LogP contribution >= 0.6 is 15.9 Å². The van der Waals surface area contributed by atoms with Gasteiger partial charge in [-0.3, -0.25) is 0 Å². The summed E-state index contributed by atoms with van der Waals surface area (Å²) in [5, 5.41) is 11.7. The summed E-state index contributed by atoms with van der Waals surface area (Å²) in [5.74, 6) is -0.221. The van der Waals surface area contributed by atoms with E-state index < -0.39 is 5.82 Å². The van der Waals surface area contributed by atoms with Crippen LogP contribution in [0.2, 0.25) is 0 Å². The lowest BCUT2D eigenvalue weighted by molar-refractivity contribution is 0.623. The number of halogens is 2. The summed E-state index contributed by atoms with van der Waals surface area (Å²) in [6.07, 6.45) is 1.52. The fourth-order valence-corrected chi connectivity index (χ4v) is 1.78. The number of nitrogens with zero attached hydrogens (tertiary/aromatic N) is 2. The molecule has 0 amide bonds. The van der Waals surface area contributed by atoms with E-state index in [1.165, 1.54) is 12.3 Å². The summed E-state index contributed by atoms with van der Waals surface area (Å²) >= 11 is 3.14. The molecule has 0 atom stereocenters. The molecule has 90 valence electrons. The molecule has 0 saturated carbocycles. The van der Waals surface area contributed by atoms with Gasteiger partial charge in [-0.25, -0.2) is 9.37 Å². The maximum Gasteiger partial charge on any atom is 0.166 e. The predicted molar refractivity (Wildman–Crippen MR) is 70.4 cm³/mol. The van der Waals surface area contributed by atoms with E-state index in [0.717, 1.165) is 5.56 Å². The molecule has 0 aliphatic rings. The van der Waals surface area contributed by atoms with Gasteiger partial charge in [0.25, 0.3) is 0 Å². The lowest BCUT2D eigenvalue weighted by atomic mass is 10.1. The van der Waals surface area contributed by atoms with Gasteiger partial charge in [0.05, 0.1) is 11.6 Å². The molecule has 0 aliphatic carbocycles. The van der Waals surface area contributed by atoms with Crippen molar-refractivity contribution >= 4 is 21.7 Å². The first-order valence-electron chi connectivity index (χ1n) is 5.23. The smallest absolute Gasteiger partial charge is 0.166 e. The maximum atomic E-state index is 13.5. The van der Waals surface area contributed by atoms with Crippen LogP contribution in [0.5, 0.6) is 0 Å². The van der Waals surface area contributed by atoms with Crippen molar-refractivity contribution in [3.05, 3.63) is 57.9 Å². The van der Waals surface area contributed by atoms with Gasteiger partial charge >= 0.3 is 0 Å². The van der Waals surface area contributed by atoms with Crippen LogP contribution < -0.4 is 5.32 Å². The Labute approximate surface area is 112 Å². The highest BCUT2D eigenvalue weighted by Crippen LogP contribution is 2.17. The molecule has 0 saturated heterocycles. The van der Waals surface area contributed by atoms with Crippen LogP contribution in [0.15, 0.2) is 41.0 Å². The molecule has 0 radical (unpaired) electrons. The average Bonchev–Trinajstić information content (AvgIpc) is 2.38. The molecule has 2 rings (SSSR count). The van der Waals surface area contributed by atoms with E-state index in [1.807, 2.05) is 6.07 Å². The number of anilines is 1. The number of benzene rings is 1. The minimum absolute atomic E-state index is 0.195. The summed E-state index contributed by atoms with van der Waals surface area (Å²) in [6, 6.07) is 10.5. The molecule has 1 heterocycles. The standard InChI is InChI=1S/C13H9BrFN3/c14-11-5-12(15)13(18-8-11)17-7-10-3-1-2-9(4-10)6-16/h1-5,8H,7H2,(H,17,18). The Balaban J connectivity index is 2.09. The van der Waals surface area contributed by atoms with Gasteiger partial charge in [-0.05, 0) is 39.7 Å². The lowest BCUT2D eigenvalue weighted by Gasteiger charge is -2.07. The first-order valence-corrected chi connectivity index (χ1v) is 6.02. The van der Waals surface area contributed by atoms with Gasteiger partial charge in [-0.2, -0.15) is 5.26 Å². The molecular weight excluding hydrogens is 297 g/mol. The Morgan fingerprint density at radius 1 is 1.39 bits per heavy atom. The van der Waals surface area contributed by atoms with Crippen molar-refractivity contribution in [2.75, 3.05) is 5.32 Å². The van der Waals surface area contributed by atoms with Gasteiger partial charge in [0.1, 0.15) is 0 Å². The third-order valence-electron chi connectivity index (χ3n) is 2.32. The molecule has 2 aromatic rings. The third kappa shape index (κ3) is 3.05. The normalized spacial score (nSPS) is 9.83. The Hall–Kier alpha value is -1.93. The van der Waals surface area contributed by atoms with Gasteiger partial charge < -0.3 is 5.32 Å². The van der Waals surface area contributed by atoms with E-state index in [2.05, 4.69) is 32.3 Å². The van der Waals surface area contributed by atoms with Crippen molar-refractivity contribution in [2.45, 2.75) is 6.54 Å². The molecule has 1 aromatic heterocycles. The fraction of sp³-hybridized carbons (Fsp3) is 0.0769. The van der Waals surface area contributed by atoms with Crippen LogP contribution in [0.3, 0.4) is 0 Å². The van der Waals surface area contributed by atoms with Crippen LogP contribution in [-0.4, -0.2) is 4.98 Å². The summed E-state index contributed by atoms with van der Waals surface area (Å²) in [4.78, 5) is 3.94. The van der Waals surface area contributed by atoms with Crippen molar-refractivity contribution in [2.24, 2.45) is 0 Å². The Kier molecular flexibility index (Phi) is 3.90. The molecule has 1 N–H and O–H groups in total. The highest BCUT2D eigenvalue weighted by atomic mass is 79.9. The highest BCUT2D eigenvalue weighted by molar-refractivity contribution is 9.10. The second-order valence-electron chi connectivity index (χ2n) is 3.65. The molecule has 18 heavy (non-hydrogen) atoms. The number of aromatic nitrogens is 1. The molecule has 0 bridgehead atoms. The van der Waals surface area contributed by atoms with Crippen LogP contribution in [-0.2, 0) is 6.54 Å². The zero-order valence-corrected chi connectivity index (χ0v) is 10.9. The van der Waals surface area contributed by atoms with E-state index in [0.29, 0.717) is 16.6 Å². The summed E-state index contributed by atoms with van der Waals surface area (Å²) in [6.45, 7) is 0.418. The zero-order valence-electron chi connectivity index (χ0n) is 9.32. The summed E-state index contributed by atoms with van der Waals surface area (Å²) in [7, 11) is 0. The molecule has 1 aromatic carbocycles. The largest absolute Gasteiger partial charge is 0.364 e. The number of nitriles is 1. The molecule has 0 aliphatic heterocycles. The van der Waals surface area contributed by atoms with Crippen molar-refractivity contribution in [3.63, 3.8) is 0 Å². The second kappa shape index (κ2) is 5.61. The third-order valence-corrected chi connectivity index (χ3v) is 2.76. The molecule has 5 heteroatoms. The summed E-state index contributed by atoms with van der Waals surface area (Å²) in [5.41, 5.74) is 1.48. The van der Waals surface area contributed by atoms with Gasteiger partial charge in [0, 0.05) is 17.2 Å². The van der Waals surface area contributed by atoms with Crippen LogP contribution in [0.25, 0.3) is 0 Å². The molecule has 0 fully saturated rings. The van der Waals surface area contributed by atoms with Crippen molar-refractivity contribution in [1.29, 1.82) is 5.26 Å². The zero-order chi connectivity index (χ0) is 13.0.